The molecule has 2 heterocycles. The standard InChI is InChI=1S/C10H11N3O3/c1-3-16-10(15)8-9(14)7-6(13(8)2)4-5-11-12-7/h4-5,14H,3H2,1-2H3. The highest BCUT2D eigenvalue weighted by Crippen LogP contribution is 2.29. The maximum atomic E-state index is 11.6. The lowest BCUT2D eigenvalue weighted by Crippen LogP contribution is -2.09. The fourth-order valence-corrected chi connectivity index (χ4v) is 1.59. The van der Waals surface area contributed by atoms with E-state index in [1.807, 2.05) is 0 Å². The summed E-state index contributed by atoms with van der Waals surface area (Å²) in [7, 11) is 1.66. The van der Waals surface area contributed by atoms with Crippen LogP contribution < -0.4 is 0 Å². The average Bonchev–Trinajstić information content (AvgIpc) is 2.53. The van der Waals surface area contributed by atoms with Crippen LogP contribution in [0.1, 0.15) is 17.4 Å². The third-order valence-corrected chi connectivity index (χ3v) is 2.31. The van der Waals surface area contributed by atoms with E-state index in [1.54, 1.807) is 20.0 Å². The SMILES string of the molecule is CCOC(=O)c1c(O)c2nnccc2n1C. The summed E-state index contributed by atoms with van der Waals surface area (Å²) in [6.07, 6.45) is 1.50. The molecule has 0 bridgehead atoms. The van der Waals surface area contributed by atoms with Gasteiger partial charge in [-0.2, -0.15) is 5.10 Å². The molecule has 6 nitrogen and oxygen atoms in total. The van der Waals surface area contributed by atoms with Gasteiger partial charge in [-0.15, -0.1) is 5.10 Å². The summed E-state index contributed by atoms with van der Waals surface area (Å²) in [5.41, 5.74) is 1.03. The molecule has 0 saturated carbocycles. The molecule has 2 rings (SSSR count). The lowest BCUT2D eigenvalue weighted by atomic mass is 10.3. The first-order valence-corrected chi connectivity index (χ1v) is 4.83. The Labute approximate surface area is 91.5 Å². The smallest absolute Gasteiger partial charge is 0.358 e. The molecule has 1 N–H and O–H groups in total. The van der Waals surface area contributed by atoms with Gasteiger partial charge in [-0.3, -0.25) is 0 Å². The number of rotatable bonds is 2. The number of aromatic hydroxyl groups is 1. The summed E-state index contributed by atoms with van der Waals surface area (Å²) >= 11 is 0. The van der Waals surface area contributed by atoms with Crippen LogP contribution >= 0.6 is 0 Å². The third kappa shape index (κ3) is 1.39. The Morgan fingerprint density at radius 3 is 3.00 bits per heavy atom. The quantitative estimate of drug-likeness (QED) is 0.761. The highest BCUT2D eigenvalue weighted by molar-refractivity contribution is 5.99. The van der Waals surface area contributed by atoms with E-state index in [1.165, 1.54) is 10.8 Å². The number of hydrogen-bond donors (Lipinski definition) is 1. The zero-order valence-electron chi connectivity index (χ0n) is 8.97. The highest BCUT2D eigenvalue weighted by atomic mass is 16.5. The molecule has 0 aliphatic rings. The summed E-state index contributed by atoms with van der Waals surface area (Å²) in [5, 5.41) is 17.3. The molecular weight excluding hydrogens is 210 g/mol. The number of hydrogen-bond acceptors (Lipinski definition) is 5. The molecule has 0 radical (unpaired) electrons. The molecule has 0 aromatic carbocycles. The van der Waals surface area contributed by atoms with Gasteiger partial charge in [0.15, 0.2) is 17.0 Å². The number of aryl methyl sites for hydroxylation is 1. The van der Waals surface area contributed by atoms with Gasteiger partial charge < -0.3 is 14.4 Å². The molecule has 6 heteroatoms. The predicted octanol–water partition coefficient (Wildman–Crippen LogP) is 0.851. The van der Waals surface area contributed by atoms with Gasteiger partial charge in [-0.1, -0.05) is 0 Å². The van der Waals surface area contributed by atoms with Crippen molar-refractivity contribution in [1.29, 1.82) is 0 Å². The summed E-state index contributed by atoms with van der Waals surface area (Å²) in [6, 6.07) is 1.67. The first kappa shape index (κ1) is 10.4. The van der Waals surface area contributed by atoms with Crippen molar-refractivity contribution in [3.8, 4) is 5.75 Å². The number of nitrogens with zero attached hydrogens (tertiary/aromatic N) is 3. The van der Waals surface area contributed by atoms with Crippen molar-refractivity contribution >= 4 is 17.0 Å². The van der Waals surface area contributed by atoms with Crippen LogP contribution in [0.3, 0.4) is 0 Å². The minimum atomic E-state index is -0.569. The minimum absolute atomic E-state index is 0.0948. The van der Waals surface area contributed by atoms with Crippen molar-refractivity contribution in [3.63, 3.8) is 0 Å². The maximum absolute atomic E-state index is 11.6. The Morgan fingerprint density at radius 2 is 2.38 bits per heavy atom. The lowest BCUT2D eigenvalue weighted by Gasteiger charge is -2.03. The van der Waals surface area contributed by atoms with Gasteiger partial charge >= 0.3 is 5.97 Å². The fraction of sp³-hybridized carbons (Fsp3) is 0.300. The van der Waals surface area contributed by atoms with Gasteiger partial charge in [0.25, 0.3) is 0 Å². The maximum Gasteiger partial charge on any atom is 0.358 e. The van der Waals surface area contributed by atoms with Crippen molar-refractivity contribution in [2.45, 2.75) is 6.92 Å². The number of carbonyl (C=O) groups is 1. The van der Waals surface area contributed by atoms with Crippen molar-refractivity contribution in [3.05, 3.63) is 18.0 Å². The van der Waals surface area contributed by atoms with E-state index in [0.29, 0.717) is 11.0 Å². The van der Waals surface area contributed by atoms with E-state index in [4.69, 9.17) is 4.74 Å². The largest absolute Gasteiger partial charge is 0.504 e. The van der Waals surface area contributed by atoms with Crippen molar-refractivity contribution in [2.24, 2.45) is 7.05 Å². The van der Waals surface area contributed by atoms with Gasteiger partial charge in [0, 0.05) is 7.05 Å². The van der Waals surface area contributed by atoms with E-state index in [-0.39, 0.29) is 18.1 Å². The van der Waals surface area contributed by atoms with E-state index in [9.17, 15) is 9.90 Å². The van der Waals surface area contributed by atoms with Crippen molar-refractivity contribution in [2.75, 3.05) is 6.61 Å². The Balaban J connectivity index is 2.66. The van der Waals surface area contributed by atoms with E-state index in [2.05, 4.69) is 10.2 Å². The number of aromatic nitrogens is 3. The van der Waals surface area contributed by atoms with Crippen LogP contribution in [-0.2, 0) is 11.8 Å². The van der Waals surface area contributed by atoms with Gasteiger partial charge in [-0.05, 0) is 13.0 Å². The number of esters is 1. The molecule has 0 amide bonds. The first-order valence-electron chi connectivity index (χ1n) is 4.83. The van der Waals surface area contributed by atoms with Gasteiger partial charge in [0.2, 0.25) is 0 Å². The monoisotopic (exact) mass is 221 g/mol. The molecule has 0 spiro atoms. The zero-order valence-corrected chi connectivity index (χ0v) is 8.97. The molecule has 84 valence electrons. The molecule has 2 aromatic rings. The second-order valence-electron chi connectivity index (χ2n) is 3.24. The first-order chi connectivity index (χ1) is 7.66. The molecule has 16 heavy (non-hydrogen) atoms. The second-order valence-corrected chi connectivity index (χ2v) is 3.24. The number of carbonyl (C=O) groups excluding carboxylic acids is 1. The summed E-state index contributed by atoms with van der Waals surface area (Å²) < 4.78 is 6.39. The third-order valence-electron chi connectivity index (χ3n) is 2.31. The van der Waals surface area contributed by atoms with Crippen LogP contribution in [0.25, 0.3) is 11.0 Å². The topological polar surface area (TPSA) is 77.2 Å². The zero-order chi connectivity index (χ0) is 11.7. The summed E-state index contributed by atoms with van der Waals surface area (Å²) in [6.45, 7) is 1.96. The van der Waals surface area contributed by atoms with Gasteiger partial charge in [0.1, 0.15) is 0 Å². The van der Waals surface area contributed by atoms with E-state index < -0.39 is 5.97 Å². The molecule has 0 fully saturated rings. The Bertz CT molecular complexity index is 508. The molecule has 0 unspecified atom stereocenters. The Morgan fingerprint density at radius 1 is 1.62 bits per heavy atom. The van der Waals surface area contributed by atoms with Gasteiger partial charge in [-0.25, -0.2) is 4.79 Å². The van der Waals surface area contributed by atoms with Crippen LogP contribution in [0.15, 0.2) is 12.3 Å². The van der Waals surface area contributed by atoms with E-state index in [0.717, 1.165) is 0 Å². The molecule has 0 saturated heterocycles. The second kappa shape index (κ2) is 3.80. The predicted molar refractivity (Wildman–Crippen MR) is 56.1 cm³/mol. The molecular formula is C10H11N3O3. The summed E-state index contributed by atoms with van der Waals surface area (Å²) in [4.78, 5) is 11.6. The molecule has 0 aliphatic heterocycles. The fourth-order valence-electron chi connectivity index (χ4n) is 1.59. The van der Waals surface area contributed by atoms with Crippen molar-refractivity contribution < 1.29 is 14.6 Å². The van der Waals surface area contributed by atoms with Crippen LogP contribution in [-0.4, -0.2) is 32.4 Å². The van der Waals surface area contributed by atoms with Crippen LogP contribution in [0.5, 0.6) is 5.75 Å². The number of fused-ring (bicyclic) bond motifs is 1. The minimum Gasteiger partial charge on any atom is -0.504 e. The molecule has 0 atom stereocenters. The lowest BCUT2D eigenvalue weighted by molar-refractivity contribution is 0.0512. The average molecular weight is 221 g/mol. The van der Waals surface area contributed by atoms with E-state index >= 15 is 0 Å². The Hall–Kier alpha value is -2.11. The van der Waals surface area contributed by atoms with Crippen LogP contribution in [0.4, 0.5) is 0 Å². The Kier molecular flexibility index (Phi) is 2.47. The van der Waals surface area contributed by atoms with Crippen molar-refractivity contribution in [1.82, 2.24) is 14.8 Å². The summed E-state index contributed by atoms with van der Waals surface area (Å²) in [5.74, 6) is -0.760. The van der Waals surface area contributed by atoms with Gasteiger partial charge in [0.05, 0.1) is 18.3 Å². The molecule has 0 aliphatic carbocycles. The highest BCUT2D eigenvalue weighted by Gasteiger charge is 2.22. The van der Waals surface area contributed by atoms with Crippen LogP contribution in [0.2, 0.25) is 0 Å². The molecule has 2 aromatic heterocycles. The number of ether oxygens (including phenoxy) is 1. The normalized spacial score (nSPS) is 10.6. The van der Waals surface area contributed by atoms with Crippen LogP contribution in [0, 0.1) is 0 Å².